The molecule has 4 aliphatic rings. The molecule has 3 N–H and O–H groups in total. The number of carbonyl (C=O) groups excluding carboxylic acids is 2. The summed E-state index contributed by atoms with van der Waals surface area (Å²) in [5.41, 5.74) is 4.02. The van der Waals surface area contributed by atoms with Crippen molar-refractivity contribution in [2.75, 3.05) is 13.2 Å². The number of rotatable bonds is 7. The average Bonchev–Trinajstić information content (AvgIpc) is 3.49. The van der Waals surface area contributed by atoms with Crippen molar-refractivity contribution >= 4 is 18.0 Å². The molecule has 7 nitrogen and oxygen atoms in total. The molecule has 1 unspecified atom stereocenters. The molecular formula is C28H30N2O5. The summed E-state index contributed by atoms with van der Waals surface area (Å²) in [6.07, 6.45) is 3.25. The van der Waals surface area contributed by atoms with Crippen molar-refractivity contribution in [1.82, 2.24) is 10.6 Å². The number of nitrogens with one attached hydrogen (secondary N) is 2. The predicted molar refractivity (Wildman–Crippen MR) is 129 cm³/mol. The Bertz CT molecular complexity index is 1140. The van der Waals surface area contributed by atoms with E-state index in [1.165, 1.54) is 22.3 Å². The highest BCUT2D eigenvalue weighted by molar-refractivity contribution is 5.82. The fourth-order valence-electron chi connectivity index (χ4n) is 6.42. The molecule has 2 amide bonds. The Labute approximate surface area is 204 Å². The third-order valence-electron chi connectivity index (χ3n) is 8.75. The summed E-state index contributed by atoms with van der Waals surface area (Å²) in [6.45, 7) is 0.505. The summed E-state index contributed by atoms with van der Waals surface area (Å²) in [5.74, 6) is -0.241. The van der Waals surface area contributed by atoms with Gasteiger partial charge in [0.15, 0.2) is 0 Å². The molecule has 4 atom stereocenters. The van der Waals surface area contributed by atoms with Gasteiger partial charge in [0.2, 0.25) is 5.91 Å². The zero-order valence-electron chi connectivity index (χ0n) is 19.5. The van der Waals surface area contributed by atoms with Crippen LogP contribution in [0.1, 0.15) is 49.1 Å². The first-order valence-corrected chi connectivity index (χ1v) is 12.6. The van der Waals surface area contributed by atoms with E-state index >= 15 is 0 Å². The number of carbonyl (C=O) groups is 3. The van der Waals surface area contributed by atoms with Crippen LogP contribution in [-0.4, -0.2) is 42.3 Å². The molecule has 0 aliphatic heterocycles. The lowest BCUT2D eigenvalue weighted by Crippen LogP contribution is -2.50. The van der Waals surface area contributed by atoms with Crippen molar-refractivity contribution in [3.8, 4) is 11.1 Å². The molecule has 4 aliphatic carbocycles. The second kappa shape index (κ2) is 8.40. The molecule has 6 rings (SSSR count). The minimum atomic E-state index is -0.823. The van der Waals surface area contributed by atoms with E-state index in [4.69, 9.17) is 4.74 Å². The Kier molecular flexibility index (Phi) is 5.31. The molecule has 3 fully saturated rings. The van der Waals surface area contributed by atoms with E-state index < -0.39 is 17.5 Å². The van der Waals surface area contributed by atoms with Crippen LogP contribution in [-0.2, 0) is 14.3 Å². The molecule has 2 aromatic carbocycles. The lowest BCUT2D eigenvalue weighted by atomic mass is 9.71. The monoisotopic (exact) mass is 474 g/mol. The van der Waals surface area contributed by atoms with Gasteiger partial charge in [-0.3, -0.25) is 9.59 Å². The number of aliphatic carboxylic acids is 1. The third kappa shape index (κ3) is 3.87. The number of alkyl carbamates (subject to hydrolysis) is 1. The van der Waals surface area contributed by atoms with Crippen LogP contribution in [0.2, 0.25) is 0 Å². The maximum Gasteiger partial charge on any atom is 0.407 e. The van der Waals surface area contributed by atoms with Crippen LogP contribution in [0.15, 0.2) is 48.5 Å². The Hall–Kier alpha value is -3.35. The van der Waals surface area contributed by atoms with E-state index in [9.17, 15) is 19.5 Å². The van der Waals surface area contributed by atoms with Gasteiger partial charge in [0.25, 0.3) is 0 Å². The summed E-state index contributed by atoms with van der Waals surface area (Å²) in [7, 11) is 0. The Morgan fingerprint density at radius 3 is 2.23 bits per heavy atom. The fourth-order valence-corrected chi connectivity index (χ4v) is 6.42. The molecule has 3 saturated carbocycles. The van der Waals surface area contributed by atoms with Crippen molar-refractivity contribution in [3.63, 3.8) is 0 Å². The average molecular weight is 475 g/mol. The summed E-state index contributed by atoms with van der Waals surface area (Å²) in [4.78, 5) is 36.6. The van der Waals surface area contributed by atoms with Crippen LogP contribution in [0.5, 0.6) is 0 Å². The van der Waals surface area contributed by atoms with E-state index in [-0.39, 0.29) is 42.9 Å². The maximum absolute atomic E-state index is 12.6. The molecule has 2 aromatic rings. The van der Waals surface area contributed by atoms with Gasteiger partial charge in [0.1, 0.15) is 6.61 Å². The number of carboxylic acids is 1. The number of fused-ring (bicyclic) bond motifs is 4. The first-order chi connectivity index (χ1) is 16.9. The summed E-state index contributed by atoms with van der Waals surface area (Å²) >= 11 is 0. The smallest absolute Gasteiger partial charge is 0.407 e. The van der Waals surface area contributed by atoms with Crippen LogP contribution in [0.25, 0.3) is 11.1 Å². The minimum Gasteiger partial charge on any atom is -0.481 e. The lowest BCUT2D eigenvalue weighted by molar-refractivity contribution is -0.143. The van der Waals surface area contributed by atoms with Gasteiger partial charge < -0.3 is 20.5 Å². The molecular weight excluding hydrogens is 444 g/mol. The van der Waals surface area contributed by atoms with Crippen molar-refractivity contribution in [1.29, 1.82) is 0 Å². The highest BCUT2D eigenvalue weighted by Gasteiger charge is 2.52. The number of ether oxygens (including phenoxy) is 1. The molecule has 0 spiro atoms. The maximum atomic E-state index is 12.6. The molecule has 0 bridgehead atoms. The van der Waals surface area contributed by atoms with E-state index in [0.29, 0.717) is 18.8 Å². The number of carboxylic acid groups (broad SMARTS) is 1. The molecule has 0 heterocycles. The largest absolute Gasteiger partial charge is 0.481 e. The molecule has 0 radical (unpaired) electrons. The van der Waals surface area contributed by atoms with Crippen LogP contribution in [0, 0.1) is 23.2 Å². The van der Waals surface area contributed by atoms with Gasteiger partial charge in [0, 0.05) is 24.4 Å². The number of amides is 2. The Morgan fingerprint density at radius 1 is 0.943 bits per heavy atom. The normalized spacial score (nSPS) is 27.1. The van der Waals surface area contributed by atoms with Crippen LogP contribution in [0.4, 0.5) is 4.79 Å². The first kappa shape index (κ1) is 22.1. The number of hydrogen-bond acceptors (Lipinski definition) is 4. The Balaban J connectivity index is 1.00. The van der Waals surface area contributed by atoms with Gasteiger partial charge in [-0.1, -0.05) is 48.5 Å². The van der Waals surface area contributed by atoms with Crippen LogP contribution < -0.4 is 10.6 Å². The van der Waals surface area contributed by atoms with Gasteiger partial charge in [0.05, 0.1) is 5.41 Å². The Morgan fingerprint density at radius 2 is 1.60 bits per heavy atom. The molecule has 0 aromatic heterocycles. The van der Waals surface area contributed by atoms with Crippen molar-refractivity contribution in [2.24, 2.45) is 23.2 Å². The van der Waals surface area contributed by atoms with Gasteiger partial charge in [-0.2, -0.15) is 0 Å². The minimum absolute atomic E-state index is 0.0299. The first-order valence-electron chi connectivity index (χ1n) is 12.6. The van der Waals surface area contributed by atoms with Crippen LogP contribution >= 0.6 is 0 Å². The van der Waals surface area contributed by atoms with Gasteiger partial charge in [-0.15, -0.1) is 0 Å². The van der Waals surface area contributed by atoms with Crippen molar-refractivity contribution < 1.29 is 24.2 Å². The number of benzene rings is 2. The van der Waals surface area contributed by atoms with Crippen molar-refractivity contribution in [2.45, 2.75) is 44.1 Å². The predicted octanol–water partition coefficient (Wildman–Crippen LogP) is 3.92. The van der Waals surface area contributed by atoms with Crippen molar-refractivity contribution in [3.05, 3.63) is 59.7 Å². The lowest BCUT2D eigenvalue weighted by Gasteiger charge is -2.40. The third-order valence-corrected chi connectivity index (χ3v) is 8.75. The zero-order chi connectivity index (χ0) is 24.2. The quantitative estimate of drug-likeness (QED) is 0.564. The highest BCUT2D eigenvalue weighted by Crippen LogP contribution is 2.50. The SMILES string of the molecule is O=C(N[C@H]1C[C@H]2CC(C(=O)NCC3(C(=O)O)CC3)C[C@H]21)OCC1c2ccccc2-c2ccccc21. The molecule has 182 valence electrons. The fraction of sp³-hybridized carbons (Fsp3) is 0.464. The highest BCUT2D eigenvalue weighted by atomic mass is 16.5. The van der Waals surface area contributed by atoms with E-state index in [1.54, 1.807) is 0 Å². The second-order valence-corrected chi connectivity index (χ2v) is 10.7. The molecule has 0 saturated heterocycles. The molecule has 7 heteroatoms. The van der Waals surface area contributed by atoms with E-state index in [2.05, 4.69) is 34.9 Å². The zero-order valence-corrected chi connectivity index (χ0v) is 19.5. The number of hydrogen-bond donors (Lipinski definition) is 3. The summed E-state index contributed by atoms with van der Waals surface area (Å²) in [6, 6.07) is 16.6. The van der Waals surface area contributed by atoms with Gasteiger partial charge in [-0.25, -0.2) is 4.79 Å². The van der Waals surface area contributed by atoms with Gasteiger partial charge >= 0.3 is 12.1 Å². The van der Waals surface area contributed by atoms with E-state index in [1.807, 2.05) is 24.3 Å². The standard InChI is InChI=1S/C28H30N2O5/c31-25(29-15-28(9-10-28)26(32)33)17-11-16-13-24(22(16)12-17)30-27(34)35-14-23-20-7-3-1-5-18(20)19-6-2-4-8-21(19)23/h1-8,16-17,22-24H,9-15H2,(H,29,31)(H,30,34)(H,32,33)/t16-,17?,22-,24+/m1/s1. The summed E-state index contributed by atoms with van der Waals surface area (Å²) in [5, 5.41) is 15.2. The van der Waals surface area contributed by atoms with Gasteiger partial charge in [-0.05, 0) is 66.2 Å². The molecule has 35 heavy (non-hydrogen) atoms. The topological polar surface area (TPSA) is 105 Å². The van der Waals surface area contributed by atoms with E-state index in [0.717, 1.165) is 19.3 Å². The van der Waals surface area contributed by atoms with Crippen LogP contribution in [0.3, 0.4) is 0 Å². The second-order valence-electron chi connectivity index (χ2n) is 10.7. The summed E-state index contributed by atoms with van der Waals surface area (Å²) < 4.78 is 5.69.